The van der Waals surface area contributed by atoms with E-state index in [2.05, 4.69) is 34.4 Å². The normalized spacial score (nSPS) is 16.5. The number of hydrogen-bond acceptors (Lipinski definition) is 4. The molecule has 7 heteroatoms. The summed E-state index contributed by atoms with van der Waals surface area (Å²) < 4.78 is 11.0. The van der Waals surface area contributed by atoms with Crippen LogP contribution in [0.3, 0.4) is 0 Å². The number of methoxy groups -OCH3 is 1. The number of guanidine groups is 1. The van der Waals surface area contributed by atoms with E-state index in [1.807, 2.05) is 19.1 Å². The van der Waals surface area contributed by atoms with Crippen LogP contribution in [0.25, 0.3) is 0 Å². The first-order chi connectivity index (χ1) is 13.0. The van der Waals surface area contributed by atoms with E-state index in [-0.39, 0.29) is 0 Å². The number of hydrogen-bond donors (Lipinski definition) is 2. The van der Waals surface area contributed by atoms with Crippen molar-refractivity contribution in [2.24, 2.45) is 4.99 Å². The van der Waals surface area contributed by atoms with E-state index in [1.165, 1.54) is 0 Å². The van der Waals surface area contributed by atoms with Crippen LogP contribution in [0.5, 0.6) is 11.5 Å². The van der Waals surface area contributed by atoms with Gasteiger partial charge in [0.25, 0.3) is 0 Å². The van der Waals surface area contributed by atoms with Gasteiger partial charge in [-0.3, -0.25) is 4.99 Å². The van der Waals surface area contributed by atoms with Crippen LogP contribution < -0.4 is 20.1 Å². The second-order valence-corrected chi connectivity index (χ2v) is 7.42. The third-order valence-electron chi connectivity index (χ3n) is 4.86. The van der Waals surface area contributed by atoms with Crippen LogP contribution in [-0.4, -0.2) is 56.8 Å². The van der Waals surface area contributed by atoms with E-state index >= 15 is 0 Å². The molecule has 0 amide bonds. The van der Waals surface area contributed by atoms with Gasteiger partial charge in [0.1, 0.15) is 0 Å². The SMILES string of the molecule is CCOc1c(Cl)cc(CNC(=NC)NC2CCN(C(C)C)CC2)cc1OC. The van der Waals surface area contributed by atoms with Crippen molar-refractivity contribution >= 4 is 17.6 Å². The summed E-state index contributed by atoms with van der Waals surface area (Å²) in [6, 6.07) is 4.90. The number of nitrogens with zero attached hydrogens (tertiary/aromatic N) is 2. The van der Waals surface area contributed by atoms with Gasteiger partial charge in [-0.15, -0.1) is 0 Å². The highest BCUT2D eigenvalue weighted by atomic mass is 35.5. The van der Waals surface area contributed by atoms with Gasteiger partial charge in [-0.25, -0.2) is 0 Å². The van der Waals surface area contributed by atoms with E-state index in [1.54, 1.807) is 14.2 Å². The van der Waals surface area contributed by atoms with Crippen LogP contribution in [0.2, 0.25) is 5.02 Å². The Labute approximate surface area is 168 Å². The Morgan fingerprint density at radius 3 is 2.59 bits per heavy atom. The van der Waals surface area contributed by atoms with Crippen molar-refractivity contribution < 1.29 is 9.47 Å². The Kier molecular flexibility index (Phi) is 8.51. The molecule has 0 radical (unpaired) electrons. The Hall–Kier alpha value is -1.66. The number of piperidine rings is 1. The number of rotatable bonds is 7. The van der Waals surface area contributed by atoms with Crippen molar-refractivity contribution in [1.29, 1.82) is 0 Å². The quantitative estimate of drug-likeness (QED) is 0.547. The molecule has 6 nitrogen and oxygen atoms in total. The number of nitrogens with one attached hydrogen (secondary N) is 2. The molecule has 1 aromatic rings. The molecule has 0 unspecified atom stereocenters. The second kappa shape index (κ2) is 10.6. The summed E-state index contributed by atoms with van der Waals surface area (Å²) in [5.41, 5.74) is 1.01. The van der Waals surface area contributed by atoms with Gasteiger partial charge < -0.3 is 25.0 Å². The van der Waals surface area contributed by atoms with Crippen molar-refractivity contribution in [3.63, 3.8) is 0 Å². The summed E-state index contributed by atoms with van der Waals surface area (Å²) in [5.74, 6) is 2.04. The molecule has 2 N–H and O–H groups in total. The second-order valence-electron chi connectivity index (χ2n) is 7.02. The summed E-state index contributed by atoms with van der Waals surface area (Å²) in [4.78, 5) is 6.87. The number of likely N-dealkylation sites (tertiary alicyclic amines) is 1. The highest BCUT2D eigenvalue weighted by Gasteiger charge is 2.21. The monoisotopic (exact) mass is 396 g/mol. The molecule has 1 fully saturated rings. The molecule has 0 bridgehead atoms. The van der Waals surface area contributed by atoms with Gasteiger partial charge >= 0.3 is 0 Å². The van der Waals surface area contributed by atoms with E-state index in [9.17, 15) is 0 Å². The van der Waals surface area contributed by atoms with Crippen LogP contribution in [0.15, 0.2) is 17.1 Å². The van der Waals surface area contributed by atoms with Gasteiger partial charge in [0.2, 0.25) is 0 Å². The molecule has 0 spiro atoms. The van der Waals surface area contributed by atoms with Crippen molar-refractivity contribution in [3.05, 3.63) is 22.7 Å². The lowest BCUT2D eigenvalue weighted by molar-refractivity contribution is 0.167. The molecule has 0 aliphatic carbocycles. The summed E-state index contributed by atoms with van der Waals surface area (Å²) in [5, 5.41) is 7.45. The van der Waals surface area contributed by atoms with Crippen LogP contribution >= 0.6 is 11.6 Å². The molecule has 1 heterocycles. The van der Waals surface area contributed by atoms with Gasteiger partial charge in [0, 0.05) is 38.8 Å². The Morgan fingerprint density at radius 2 is 2.04 bits per heavy atom. The minimum Gasteiger partial charge on any atom is -0.493 e. The predicted molar refractivity (Wildman–Crippen MR) is 112 cm³/mol. The number of aliphatic imine (C=N–C) groups is 1. The molecule has 2 rings (SSSR count). The molecule has 152 valence electrons. The molecule has 0 aromatic heterocycles. The summed E-state index contributed by atoms with van der Waals surface area (Å²) in [7, 11) is 3.42. The maximum absolute atomic E-state index is 6.35. The Balaban J connectivity index is 1.92. The number of ether oxygens (including phenoxy) is 2. The predicted octanol–water partition coefficient (Wildman–Crippen LogP) is 3.29. The molecule has 1 aliphatic heterocycles. The van der Waals surface area contributed by atoms with E-state index in [4.69, 9.17) is 21.1 Å². The average Bonchev–Trinajstić information content (AvgIpc) is 2.67. The van der Waals surface area contributed by atoms with E-state index in [0.717, 1.165) is 37.5 Å². The lowest BCUT2D eigenvalue weighted by Gasteiger charge is -2.35. The van der Waals surface area contributed by atoms with Gasteiger partial charge in [-0.2, -0.15) is 0 Å². The molecule has 0 atom stereocenters. The van der Waals surface area contributed by atoms with Gasteiger partial charge in [0.15, 0.2) is 17.5 Å². The maximum Gasteiger partial charge on any atom is 0.191 e. The first-order valence-corrected chi connectivity index (χ1v) is 10.1. The molecule has 1 aromatic carbocycles. The standard InChI is InChI=1S/C20H33ClN4O2/c1-6-27-19-17(21)11-15(12-18(19)26-5)13-23-20(22-4)24-16-7-9-25(10-8-16)14(2)3/h11-12,14,16H,6-10,13H2,1-5H3,(H2,22,23,24). The largest absolute Gasteiger partial charge is 0.493 e. The summed E-state index contributed by atoms with van der Waals surface area (Å²) >= 11 is 6.35. The summed E-state index contributed by atoms with van der Waals surface area (Å²) in [6.45, 7) is 9.82. The van der Waals surface area contributed by atoms with Crippen molar-refractivity contribution in [3.8, 4) is 11.5 Å². The lowest BCUT2D eigenvalue weighted by Crippen LogP contribution is -2.49. The summed E-state index contributed by atoms with van der Waals surface area (Å²) in [6.07, 6.45) is 2.25. The Bertz CT molecular complexity index is 629. The van der Waals surface area contributed by atoms with Crippen LogP contribution in [-0.2, 0) is 6.54 Å². The fraction of sp³-hybridized carbons (Fsp3) is 0.650. The number of benzene rings is 1. The van der Waals surface area contributed by atoms with Crippen molar-refractivity contribution in [2.45, 2.75) is 52.2 Å². The molecule has 1 saturated heterocycles. The van der Waals surface area contributed by atoms with Crippen molar-refractivity contribution in [2.75, 3.05) is 33.9 Å². The zero-order valence-electron chi connectivity index (χ0n) is 17.1. The van der Waals surface area contributed by atoms with Crippen molar-refractivity contribution in [1.82, 2.24) is 15.5 Å². The molecular weight excluding hydrogens is 364 g/mol. The fourth-order valence-corrected chi connectivity index (χ4v) is 3.58. The van der Waals surface area contributed by atoms with E-state index in [0.29, 0.717) is 41.8 Å². The third kappa shape index (κ3) is 6.18. The molecule has 0 saturated carbocycles. The van der Waals surface area contributed by atoms with Gasteiger partial charge in [-0.1, -0.05) is 11.6 Å². The topological polar surface area (TPSA) is 58.1 Å². The van der Waals surface area contributed by atoms with E-state index < -0.39 is 0 Å². The minimum absolute atomic E-state index is 0.449. The molecular formula is C20H33ClN4O2. The zero-order chi connectivity index (χ0) is 19.8. The Morgan fingerprint density at radius 1 is 1.33 bits per heavy atom. The first kappa shape index (κ1) is 21.6. The lowest BCUT2D eigenvalue weighted by atomic mass is 10.0. The van der Waals surface area contributed by atoms with Gasteiger partial charge in [0.05, 0.1) is 18.7 Å². The minimum atomic E-state index is 0.449. The van der Waals surface area contributed by atoms with Crippen LogP contribution in [0.4, 0.5) is 0 Å². The highest BCUT2D eigenvalue weighted by molar-refractivity contribution is 6.32. The van der Waals surface area contributed by atoms with Crippen LogP contribution in [0.1, 0.15) is 39.2 Å². The molecule has 27 heavy (non-hydrogen) atoms. The highest BCUT2D eigenvalue weighted by Crippen LogP contribution is 2.36. The molecule has 1 aliphatic rings. The fourth-order valence-electron chi connectivity index (χ4n) is 3.29. The zero-order valence-corrected chi connectivity index (χ0v) is 17.9. The average molecular weight is 397 g/mol. The number of halogens is 1. The smallest absolute Gasteiger partial charge is 0.191 e. The third-order valence-corrected chi connectivity index (χ3v) is 5.14. The van der Waals surface area contributed by atoms with Gasteiger partial charge in [-0.05, 0) is 51.3 Å². The van der Waals surface area contributed by atoms with Crippen LogP contribution in [0, 0.1) is 0 Å². The maximum atomic E-state index is 6.35. The first-order valence-electron chi connectivity index (χ1n) is 9.68.